The SMILES string of the molecule is CCCCCCCCCC/C=C/C(O)C(COC1OC(CO)C(O)C(O)C1O)NC(=O)CCCCCCCCCCCCCCCCCCC/C=C\CCCCCCCCCCCCCCCCCCCC. The number of hydrogen-bond donors (Lipinski definition) is 6. The Morgan fingerprint density at radius 1 is 0.458 bits per heavy atom. The monoisotopic (exact) mass is 1020 g/mol. The van der Waals surface area contributed by atoms with E-state index >= 15 is 0 Å². The summed E-state index contributed by atoms with van der Waals surface area (Å²) >= 11 is 0. The first-order valence-electron chi connectivity index (χ1n) is 31.6. The number of aliphatic hydroxyl groups excluding tert-OH is 5. The predicted molar refractivity (Wildman–Crippen MR) is 304 cm³/mol. The maximum atomic E-state index is 13.0. The van der Waals surface area contributed by atoms with Gasteiger partial charge in [-0.1, -0.05) is 289 Å². The van der Waals surface area contributed by atoms with Gasteiger partial charge in [0.2, 0.25) is 5.91 Å². The van der Waals surface area contributed by atoms with Crippen LogP contribution in [-0.4, -0.2) is 87.5 Å². The van der Waals surface area contributed by atoms with Crippen LogP contribution in [-0.2, 0) is 14.3 Å². The summed E-state index contributed by atoms with van der Waals surface area (Å²) in [7, 11) is 0. The minimum Gasteiger partial charge on any atom is -0.394 e. The molecule has 1 aliphatic heterocycles. The Balaban J connectivity index is 1.99. The fourth-order valence-corrected chi connectivity index (χ4v) is 10.3. The van der Waals surface area contributed by atoms with Crippen molar-refractivity contribution in [2.24, 2.45) is 0 Å². The molecule has 7 atom stereocenters. The second kappa shape index (κ2) is 53.1. The van der Waals surface area contributed by atoms with E-state index in [2.05, 4.69) is 31.3 Å². The summed E-state index contributed by atoms with van der Waals surface area (Å²) in [5.41, 5.74) is 0. The van der Waals surface area contributed by atoms with Gasteiger partial charge in [0.25, 0.3) is 0 Å². The van der Waals surface area contributed by atoms with Crippen molar-refractivity contribution in [2.45, 2.75) is 358 Å². The maximum Gasteiger partial charge on any atom is 0.220 e. The van der Waals surface area contributed by atoms with E-state index in [1.807, 2.05) is 6.08 Å². The fraction of sp³-hybridized carbons (Fsp3) is 0.921. The van der Waals surface area contributed by atoms with Crippen molar-refractivity contribution < 1.29 is 39.8 Å². The number of carbonyl (C=O) groups excluding carboxylic acids is 1. The molecule has 1 amide bonds. The van der Waals surface area contributed by atoms with E-state index in [9.17, 15) is 30.3 Å². The maximum absolute atomic E-state index is 13.0. The molecule has 1 fully saturated rings. The first-order valence-corrected chi connectivity index (χ1v) is 31.6. The Morgan fingerprint density at radius 3 is 1.12 bits per heavy atom. The standard InChI is InChI=1S/C63H121NO8/c1-3-5-7-9-11-13-15-16-17-18-19-20-21-22-23-24-25-26-27-28-29-30-31-32-33-34-35-36-37-38-39-40-41-42-43-45-47-49-51-53-59(67)64-56(55-71-63-62(70)61(69)60(68)58(54-65)72-63)57(66)52-50-48-46-44-14-12-10-8-6-4-2/h28-29,50,52,56-58,60-63,65-66,68-70H,3-27,30-49,51,53-55H2,1-2H3,(H,64,67)/b29-28-,52-50+. The van der Waals surface area contributed by atoms with E-state index in [4.69, 9.17) is 9.47 Å². The van der Waals surface area contributed by atoms with E-state index in [1.54, 1.807) is 6.08 Å². The summed E-state index contributed by atoms with van der Waals surface area (Å²) in [6, 6.07) is -0.801. The quantitative estimate of drug-likeness (QED) is 0.0261. The van der Waals surface area contributed by atoms with Crippen LogP contribution < -0.4 is 5.32 Å². The second-order valence-electron chi connectivity index (χ2n) is 22.2. The molecule has 426 valence electrons. The van der Waals surface area contributed by atoms with E-state index < -0.39 is 49.5 Å². The number of rotatable bonds is 55. The van der Waals surface area contributed by atoms with E-state index in [-0.39, 0.29) is 12.5 Å². The zero-order valence-electron chi connectivity index (χ0n) is 47.5. The van der Waals surface area contributed by atoms with Crippen molar-refractivity contribution in [2.75, 3.05) is 13.2 Å². The Bertz CT molecular complexity index is 1180. The number of carbonyl (C=O) groups is 1. The van der Waals surface area contributed by atoms with Crippen molar-refractivity contribution in [3.05, 3.63) is 24.3 Å². The molecule has 9 heteroatoms. The minimum absolute atomic E-state index is 0.174. The summed E-state index contributed by atoms with van der Waals surface area (Å²) in [5.74, 6) is -0.174. The average Bonchev–Trinajstić information content (AvgIpc) is 3.38. The van der Waals surface area contributed by atoms with Crippen molar-refractivity contribution in [3.8, 4) is 0 Å². The Labute approximate surface area is 445 Å². The Morgan fingerprint density at radius 2 is 0.778 bits per heavy atom. The highest BCUT2D eigenvalue weighted by molar-refractivity contribution is 5.76. The lowest BCUT2D eigenvalue weighted by molar-refractivity contribution is -0.302. The number of nitrogens with one attached hydrogen (secondary N) is 1. The average molecular weight is 1020 g/mol. The van der Waals surface area contributed by atoms with Gasteiger partial charge in [-0.05, 0) is 44.9 Å². The number of ether oxygens (including phenoxy) is 2. The molecule has 0 saturated carbocycles. The number of amides is 1. The van der Waals surface area contributed by atoms with Crippen molar-refractivity contribution in [1.29, 1.82) is 0 Å². The molecule has 72 heavy (non-hydrogen) atoms. The molecule has 9 nitrogen and oxygen atoms in total. The molecule has 6 N–H and O–H groups in total. The van der Waals surface area contributed by atoms with E-state index in [0.717, 1.165) is 38.5 Å². The number of aliphatic hydroxyl groups is 5. The van der Waals surface area contributed by atoms with Gasteiger partial charge in [0, 0.05) is 6.42 Å². The summed E-state index contributed by atoms with van der Waals surface area (Å²) in [6.45, 7) is 3.78. The third kappa shape index (κ3) is 41.9. The molecule has 0 aromatic heterocycles. The molecule has 1 rings (SSSR count). The predicted octanol–water partition coefficient (Wildman–Crippen LogP) is 16.1. The highest BCUT2D eigenvalue weighted by Gasteiger charge is 2.44. The van der Waals surface area contributed by atoms with Crippen LogP contribution in [0.15, 0.2) is 24.3 Å². The molecule has 0 aromatic rings. The largest absolute Gasteiger partial charge is 0.394 e. The van der Waals surface area contributed by atoms with Gasteiger partial charge in [-0.3, -0.25) is 4.79 Å². The van der Waals surface area contributed by atoms with Gasteiger partial charge in [-0.25, -0.2) is 0 Å². The molecule has 0 bridgehead atoms. The van der Waals surface area contributed by atoms with Gasteiger partial charge in [0.05, 0.1) is 25.4 Å². The molecule has 7 unspecified atom stereocenters. The molecule has 1 aliphatic rings. The summed E-state index contributed by atoms with van der Waals surface area (Å²) in [5, 5.41) is 54.3. The van der Waals surface area contributed by atoms with Gasteiger partial charge >= 0.3 is 0 Å². The smallest absolute Gasteiger partial charge is 0.220 e. The van der Waals surface area contributed by atoms with Gasteiger partial charge in [0.1, 0.15) is 24.4 Å². The van der Waals surface area contributed by atoms with Gasteiger partial charge < -0.3 is 40.3 Å². The Hall–Kier alpha value is -1.33. The molecular weight excluding hydrogens is 899 g/mol. The van der Waals surface area contributed by atoms with E-state index in [1.165, 1.54) is 257 Å². The van der Waals surface area contributed by atoms with Crippen LogP contribution >= 0.6 is 0 Å². The summed E-state index contributed by atoms with van der Waals surface area (Å²) in [6.07, 6.45) is 61.7. The highest BCUT2D eigenvalue weighted by Crippen LogP contribution is 2.23. The van der Waals surface area contributed by atoms with Crippen LogP contribution in [0.1, 0.15) is 316 Å². The van der Waals surface area contributed by atoms with Crippen molar-refractivity contribution >= 4 is 5.91 Å². The van der Waals surface area contributed by atoms with Gasteiger partial charge in [0.15, 0.2) is 6.29 Å². The number of hydrogen-bond acceptors (Lipinski definition) is 8. The molecule has 1 heterocycles. The zero-order valence-corrected chi connectivity index (χ0v) is 47.5. The van der Waals surface area contributed by atoms with Crippen LogP contribution in [0, 0.1) is 0 Å². The van der Waals surface area contributed by atoms with E-state index in [0.29, 0.717) is 6.42 Å². The highest BCUT2D eigenvalue weighted by atomic mass is 16.7. The van der Waals surface area contributed by atoms with Crippen LogP contribution in [0.4, 0.5) is 0 Å². The fourth-order valence-electron chi connectivity index (χ4n) is 10.3. The molecular formula is C63H121NO8. The Kier molecular flexibility index (Phi) is 50.6. The minimum atomic E-state index is -1.56. The summed E-state index contributed by atoms with van der Waals surface area (Å²) < 4.78 is 11.2. The molecule has 0 spiro atoms. The van der Waals surface area contributed by atoms with Gasteiger partial charge in [-0.2, -0.15) is 0 Å². The molecule has 0 aromatic carbocycles. The number of allylic oxidation sites excluding steroid dienone is 3. The zero-order chi connectivity index (χ0) is 52.2. The normalized spacial score (nSPS) is 19.2. The van der Waals surface area contributed by atoms with Crippen LogP contribution in [0.3, 0.4) is 0 Å². The molecule has 1 saturated heterocycles. The second-order valence-corrected chi connectivity index (χ2v) is 22.2. The first kappa shape index (κ1) is 68.7. The number of unbranched alkanes of at least 4 members (excludes halogenated alkanes) is 43. The summed E-state index contributed by atoms with van der Waals surface area (Å²) in [4.78, 5) is 13.0. The van der Waals surface area contributed by atoms with Crippen LogP contribution in [0.5, 0.6) is 0 Å². The molecule has 0 radical (unpaired) electrons. The lowest BCUT2D eigenvalue weighted by atomic mass is 9.99. The lowest BCUT2D eigenvalue weighted by Gasteiger charge is -2.40. The van der Waals surface area contributed by atoms with Crippen molar-refractivity contribution in [1.82, 2.24) is 5.32 Å². The topological polar surface area (TPSA) is 149 Å². The van der Waals surface area contributed by atoms with Crippen LogP contribution in [0.2, 0.25) is 0 Å². The van der Waals surface area contributed by atoms with Gasteiger partial charge in [-0.15, -0.1) is 0 Å². The molecule has 0 aliphatic carbocycles. The third-order valence-corrected chi connectivity index (χ3v) is 15.3. The van der Waals surface area contributed by atoms with Crippen molar-refractivity contribution in [3.63, 3.8) is 0 Å². The van der Waals surface area contributed by atoms with Crippen LogP contribution in [0.25, 0.3) is 0 Å². The third-order valence-electron chi connectivity index (χ3n) is 15.3. The first-order chi connectivity index (χ1) is 35.3. The lowest BCUT2D eigenvalue weighted by Crippen LogP contribution is -2.60.